The monoisotopic (exact) mass is 264 g/mol. The van der Waals surface area contributed by atoms with Gasteiger partial charge in [-0.1, -0.05) is 0 Å². The van der Waals surface area contributed by atoms with E-state index in [0.717, 1.165) is 18.3 Å². The maximum Gasteiger partial charge on any atom is 0.218 e. The van der Waals surface area contributed by atoms with Crippen LogP contribution >= 0.6 is 0 Å². The van der Waals surface area contributed by atoms with Gasteiger partial charge in [0.25, 0.3) is 0 Å². The number of nitrogens with one attached hydrogen (secondary N) is 1. The molecule has 1 aromatic heterocycles. The number of piperidine rings is 1. The minimum absolute atomic E-state index is 0.136. The van der Waals surface area contributed by atoms with E-state index in [2.05, 4.69) is 27.2 Å². The summed E-state index contributed by atoms with van der Waals surface area (Å²) < 4.78 is 5.56. The van der Waals surface area contributed by atoms with Crippen molar-refractivity contribution in [1.82, 2.24) is 14.9 Å². The van der Waals surface area contributed by atoms with Gasteiger partial charge in [0, 0.05) is 12.6 Å². The fraction of sp³-hybridized carbons (Fsp3) is 0.714. The summed E-state index contributed by atoms with van der Waals surface area (Å²) in [5.74, 6) is 2.22. The highest BCUT2D eigenvalue weighted by molar-refractivity contribution is 5.37. The highest BCUT2D eigenvalue weighted by Gasteiger charge is 2.16. The predicted molar refractivity (Wildman–Crippen MR) is 76.5 cm³/mol. The highest BCUT2D eigenvalue weighted by Crippen LogP contribution is 2.18. The third kappa shape index (κ3) is 4.67. The van der Waals surface area contributed by atoms with Gasteiger partial charge in [-0.2, -0.15) is 0 Å². The van der Waals surface area contributed by atoms with E-state index in [1.165, 1.54) is 25.9 Å². The van der Waals surface area contributed by atoms with Crippen molar-refractivity contribution >= 4 is 5.82 Å². The van der Waals surface area contributed by atoms with Gasteiger partial charge < -0.3 is 15.0 Å². The van der Waals surface area contributed by atoms with Crippen molar-refractivity contribution in [1.29, 1.82) is 0 Å². The quantitative estimate of drug-likeness (QED) is 0.881. The molecule has 1 aromatic rings. The second-order valence-corrected chi connectivity index (χ2v) is 5.54. The average Bonchev–Trinajstić information content (AvgIpc) is 2.38. The molecule has 0 atom stereocenters. The number of aromatic nitrogens is 2. The smallest absolute Gasteiger partial charge is 0.218 e. The van der Waals surface area contributed by atoms with Crippen LogP contribution in [-0.2, 0) is 0 Å². The summed E-state index contributed by atoms with van der Waals surface area (Å²) in [5.41, 5.74) is 0. The van der Waals surface area contributed by atoms with Crippen LogP contribution in [0.3, 0.4) is 0 Å². The maximum atomic E-state index is 5.56. The molecule has 1 fully saturated rings. The zero-order chi connectivity index (χ0) is 13.7. The lowest BCUT2D eigenvalue weighted by Gasteiger charge is -2.29. The molecule has 2 rings (SSSR count). The third-order valence-corrected chi connectivity index (χ3v) is 3.41. The molecule has 19 heavy (non-hydrogen) atoms. The van der Waals surface area contributed by atoms with Crippen molar-refractivity contribution < 1.29 is 4.74 Å². The van der Waals surface area contributed by atoms with E-state index in [9.17, 15) is 0 Å². The van der Waals surface area contributed by atoms with Crippen LogP contribution in [0.1, 0.15) is 26.7 Å². The Morgan fingerprint density at radius 3 is 2.79 bits per heavy atom. The zero-order valence-corrected chi connectivity index (χ0v) is 12.1. The number of hydrogen-bond donors (Lipinski definition) is 1. The summed E-state index contributed by atoms with van der Waals surface area (Å²) in [7, 11) is 2.18. The summed E-state index contributed by atoms with van der Waals surface area (Å²) in [6.45, 7) is 7.35. The lowest BCUT2D eigenvalue weighted by Crippen LogP contribution is -2.33. The molecule has 0 spiro atoms. The van der Waals surface area contributed by atoms with Crippen molar-refractivity contribution in [3.8, 4) is 5.88 Å². The second-order valence-electron chi connectivity index (χ2n) is 5.54. The van der Waals surface area contributed by atoms with E-state index in [1.807, 2.05) is 19.9 Å². The molecular formula is C14H24N4O. The van der Waals surface area contributed by atoms with E-state index < -0.39 is 0 Å². The number of ether oxygens (including phenoxy) is 1. The third-order valence-electron chi connectivity index (χ3n) is 3.41. The van der Waals surface area contributed by atoms with E-state index >= 15 is 0 Å². The van der Waals surface area contributed by atoms with E-state index in [-0.39, 0.29) is 6.10 Å². The molecule has 5 heteroatoms. The van der Waals surface area contributed by atoms with Gasteiger partial charge in [-0.15, -0.1) is 0 Å². The maximum absolute atomic E-state index is 5.56. The molecule has 2 heterocycles. The fourth-order valence-corrected chi connectivity index (χ4v) is 2.26. The topological polar surface area (TPSA) is 50.3 Å². The molecule has 0 bridgehead atoms. The normalized spacial score (nSPS) is 17.7. The number of anilines is 1. The van der Waals surface area contributed by atoms with E-state index in [1.54, 1.807) is 6.33 Å². The minimum atomic E-state index is 0.136. The standard InChI is InChI=1S/C14H24N4O/c1-11(2)19-14-8-13(16-10-17-14)15-9-12-4-6-18(3)7-5-12/h8,10-12H,4-7,9H2,1-3H3,(H,15,16,17). The Hall–Kier alpha value is -1.36. The molecule has 1 N–H and O–H groups in total. The van der Waals surface area contributed by atoms with Gasteiger partial charge >= 0.3 is 0 Å². The molecule has 0 amide bonds. The van der Waals surface area contributed by atoms with Gasteiger partial charge in [0.1, 0.15) is 12.1 Å². The first-order valence-corrected chi connectivity index (χ1v) is 7.04. The van der Waals surface area contributed by atoms with Crippen LogP contribution in [0.25, 0.3) is 0 Å². The molecule has 1 aliphatic heterocycles. The molecule has 0 aliphatic carbocycles. The number of hydrogen-bond acceptors (Lipinski definition) is 5. The number of nitrogens with zero attached hydrogens (tertiary/aromatic N) is 3. The van der Waals surface area contributed by atoms with Crippen LogP contribution in [-0.4, -0.2) is 47.7 Å². The molecule has 0 radical (unpaired) electrons. The first kappa shape index (κ1) is 14.1. The van der Waals surface area contributed by atoms with Crippen LogP contribution in [0.5, 0.6) is 5.88 Å². The van der Waals surface area contributed by atoms with Gasteiger partial charge in [-0.05, 0) is 52.7 Å². The minimum Gasteiger partial charge on any atom is -0.475 e. The second kappa shape index (κ2) is 6.70. The van der Waals surface area contributed by atoms with E-state index in [4.69, 9.17) is 4.74 Å². The van der Waals surface area contributed by atoms with Crippen molar-refractivity contribution in [2.24, 2.45) is 5.92 Å². The highest BCUT2D eigenvalue weighted by atomic mass is 16.5. The largest absolute Gasteiger partial charge is 0.475 e. The Bertz CT molecular complexity index is 389. The lowest BCUT2D eigenvalue weighted by molar-refractivity contribution is 0.226. The van der Waals surface area contributed by atoms with Gasteiger partial charge in [0.05, 0.1) is 6.10 Å². The Balaban J connectivity index is 1.82. The van der Waals surface area contributed by atoms with Gasteiger partial charge in [0.2, 0.25) is 5.88 Å². The zero-order valence-electron chi connectivity index (χ0n) is 12.1. The average molecular weight is 264 g/mol. The summed E-state index contributed by atoms with van der Waals surface area (Å²) in [5, 5.41) is 3.39. The Labute approximate surface area is 115 Å². The van der Waals surface area contributed by atoms with Crippen LogP contribution in [0.2, 0.25) is 0 Å². The first-order valence-electron chi connectivity index (χ1n) is 7.04. The predicted octanol–water partition coefficient (Wildman–Crippen LogP) is 2.02. The molecular weight excluding hydrogens is 240 g/mol. The Kier molecular flexibility index (Phi) is 4.96. The Morgan fingerprint density at radius 1 is 1.37 bits per heavy atom. The van der Waals surface area contributed by atoms with Crippen LogP contribution in [0.15, 0.2) is 12.4 Å². The molecule has 0 aromatic carbocycles. The van der Waals surface area contributed by atoms with Crippen LogP contribution in [0, 0.1) is 5.92 Å². The summed E-state index contributed by atoms with van der Waals surface area (Å²) in [6.07, 6.45) is 4.19. The summed E-state index contributed by atoms with van der Waals surface area (Å²) in [4.78, 5) is 10.7. The fourth-order valence-electron chi connectivity index (χ4n) is 2.26. The van der Waals surface area contributed by atoms with Crippen molar-refractivity contribution in [3.63, 3.8) is 0 Å². The number of rotatable bonds is 5. The summed E-state index contributed by atoms with van der Waals surface area (Å²) >= 11 is 0. The summed E-state index contributed by atoms with van der Waals surface area (Å²) in [6, 6.07) is 1.87. The SMILES string of the molecule is CC(C)Oc1cc(NCC2CCN(C)CC2)ncn1. The molecule has 1 saturated heterocycles. The van der Waals surface area contributed by atoms with Crippen LogP contribution < -0.4 is 10.1 Å². The van der Waals surface area contributed by atoms with E-state index in [0.29, 0.717) is 5.88 Å². The van der Waals surface area contributed by atoms with Crippen LogP contribution in [0.4, 0.5) is 5.82 Å². The van der Waals surface area contributed by atoms with Gasteiger partial charge in [-0.3, -0.25) is 0 Å². The van der Waals surface area contributed by atoms with Gasteiger partial charge in [0.15, 0.2) is 0 Å². The molecule has 1 aliphatic rings. The molecule has 106 valence electrons. The van der Waals surface area contributed by atoms with Gasteiger partial charge in [-0.25, -0.2) is 9.97 Å². The lowest BCUT2D eigenvalue weighted by atomic mass is 9.97. The first-order chi connectivity index (χ1) is 9.13. The molecule has 0 unspecified atom stereocenters. The van der Waals surface area contributed by atoms with Crippen molar-refractivity contribution in [3.05, 3.63) is 12.4 Å². The molecule has 5 nitrogen and oxygen atoms in total. The Morgan fingerprint density at radius 2 is 2.11 bits per heavy atom. The van der Waals surface area contributed by atoms with Crippen molar-refractivity contribution in [2.75, 3.05) is 32.0 Å². The van der Waals surface area contributed by atoms with Crippen molar-refractivity contribution in [2.45, 2.75) is 32.8 Å². The molecule has 0 saturated carbocycles. The number of likely N-dealkylation sites (tertiary alicyclic amines) is 1.